The number of rotatable bonds is 4. The fraction of sp³-hybridized carbons (Fsp3) is 0.375. The fourth-order valence-electron chi connectivity index (χ4n) is 2.97. The SMILES string of the molecule is CS(=O)(=O)c1cccc(NC(=O)C2(n3cccn3)CCNCC2)c1. The minimum Gasteiger partial charge on any atom is -0.324 e. The van der Waals surface area contributed by atoms with Crippen molar-refractivity contribution >= 4 is 21.4 Å². The van der Waals surface area contributed by atoms with Crippen molar-refractivity contribution in [3.05, 3.63) is 42.7 Å². The molecule has 128 valence electrons. The quantitative estimate of drug-likeness (QED) is 0.860. The second-order valence-electron chi connectivity index (χ2n) is 5.99. The number of sulfone groups is 1. The summed E-state index contributed by atoms with van der Waals surface area (Å²) in [5.74, 6) is -0.182. The minimum atomic E-state index is -3.32. The molecule has 1 aliphatic rings. The van der Waals surface area contributed by atoms with Gasteiger partial charge >= 0.3 is 0 Å². The van der Waals surface area contributed by atoms with Crippen LogP contribution in [0.2, 0.25) is 0 Å². The highest BCUT2D eigenvalue weighted by molar-refractivity contribution is 7.90. The van der Waals surface area contributed by atoms with Crippen molar-refractivity contribution in [2.24, 2.45) is 0 Å². The van der Waals surface area contributed by atoms with E-state index in [0.717, 1.165) is 19.3 Å². The van der Waals surface area contributed by atoms with Gasteiger partial charge in [0.1, 0.15) is 5.54 Å². The number of hydrogen-bond donors (Lipinski definition) is 2. The van der Waals surface area contributed by atoms with Crippen LogP contribution < -0.4 is 10.6 Å². The van der Waals surface area contributed by atoms with Crippen LogP contribution in [0.3, 0.4) is 0 Å². The molecule has 1 fully saturated rings. The van der Waals surface area contributed by atoms with Gasteiger partial charge in [-0.2, -0.15) is 5.10 Å². The van der Waals surface area contributed by atoms with Gasteiger partial charge in [0, 0.05) is 24.3 Å². The average molecular weight is 348 g/mol. The standard InChI is InChI=1S/C16H20N4O3S/c1-24(22,23)14-5-2-4-13(12-14)19-15(21)16(6-9-17-10-7-16)20-11-3-8-18-20/h2-5,8,11-12,17H,6-7,9-10H2,1H3,(H,19,21). The molecule has 2 N–H and O–H groups in total. The molecule has 1 saturated heterocycles. The molecule has 0 spiro atoms. The van der Waals surface area contributed by atoms with Gasteiger partial charge in [-0.3, -0.25) is 9.48 Å². The third kappa shape index (κ3) is 3.20. The molecule has 1 amide bonds. The molecule has 1 aliphatic heterocycles. The van der Waals surface area contributed by atoms with E-state index in [-0.39, 0.29) is 10.8 Å². The summed E-state index contributed by atoms with van der Waals surface area (Å²) in [4.78, 5) is 13.2. The Morgan fingerprint density at radius 3 is 2.67 bits per heavy atom. The highest BCUT2D eigenvalue weighted by atomic mass is 32.2. The zero-order valence-electron chi connectivity index (χ0n) is 13.4. The Morgan fingerprint density at radius 2 is 2.04 bits per heavy atom. The Balaban J connectivity index is 1.90. The van der Waals surface area contributed by atoms with E-state index in [2.05, 4.69) is 15.7 Å². The van der Waals surface area contributed by atoms with E-state index in [0.29, 0.717) is 18.5 Å². The molecule has 0 radical (unpaired) electrons. The molecule has 0 bridgehead atoms. The van der Waals surface area contributed by atoms with Crippen molar-refractivity contribution < 1.29 is 13.2 Å². The Bertz CT molecular complexity index is 825. The smallest absolute Gasteiger partial charge is 0.252 e. The van der Waals surface area contributed by atoms with E-state index in [1.807, 2.05) is 0 Å². The number of anilines is 1. The van der Waals surface area contributed by atoms with Crippen LogP contribution in [0.25, 0.3) is 0 Å². The maximum atomic E-state index is 13.0. The van der Waals surface area contributed by atoms with Gasteiger partial charge in [-0.1, -0.05) is 6.07 Å². The molecule has 0 atom stereocenters. The van der Waals surface area contributed by atoms with Crippen LogP contribution in [0.5, 0.6) is 0 Å². The molecule has 8 heteroatoms. The Kier molecular flexibility index (Phi) is 4.42. The second-order valence-corrected chi connectivity index (χ2v) is 8.00. The largest absolute Gasteiger partial charge is 0.324 e. The number of carbonyl (C=O) groups is 1. The number of aromatic nitrogens is 2. The number of carbonyl (C=O) groups excluding carboxylic acids is 1. The number of benzene rings is 1. The Hall–Kier alpha value is -2.19. The van der Waals surface area contributed by atoms with E-state index in [4.69, 9.17) is 0 Å². The lowest BCUT2D eigenvalue weighted by Gasteiger charge is -2.36. The summed E-state index contributed by atoms with van der Waals surface area (Å²) in [6.45, 7) is 1.44. The van der Waals surface area contributed by atoms with E-state index in [1.165, 1.54) is 12.1 Å². The highest BCUT2D eigenvalue weighted by Crippen LogP contribution is 2.29. The van der Waals surface area contributed by atoms with Crippen molar-refractivity contribution in [3.8, 4) is 0 Å². The molecule has 3 rings (SSSR count). The van der Waals surface area contributed by atoms with Gasteiger partial charge in [-0.25, -0.2) is 8.42 Å². The van der Waals surface area contributed by atoms with Gasteiger partial charge in [-0.05, 0) is 50.2 Å². The predicted octanol–water partition coefficient (Wildman–Crippen LogP) is 1.00. The molecule has 24 heavy (non-hydrogen) atoms. The van der Waals surface area contributed by atoms with Gasteiger partial charge in [0.05, 0.1) is 4.90 Å². The first-order valence-corrected chi connectivity index (χ1v) is 9.63. The van der Waals surface area contributed by atoms with Crippen molar-refractivity contribution in [3.63, 3.8) is 0 Å². The normalized spacial score (nSPS) is 17.4. The van der Waals surface area contributed by atoms with Crippen LogP contribution in [-0.4, -0.2) is 43.5 Å². The lowest BCUT2D eigenvalue weighted by Crippen LogP contribution is -2.52. The lowest BCUT2D eigenvalue weighted by molar-refractivity contribution is -0.126. The van der Waals surface area contributed by atoms with Crippen molar-refractivity contribution in [2.45, 2.75) is 23.3 Å². The minimum absolute atomic E-state index is 0.179. The van der Waals surface area contributed by atoms with Crippen LogP contribution >= 0.6 is 0 Å². The molecule has 1 aromatic heterocycles. The van der Waals surface area contributed by atoms with E-state index >= 15 is 0 Å². The first kappa shape index (κ1) is 16.7. The highest BCUT2D eigenvalue weighted by Gasteiger charge is 2.42. The maximum Gasteiger partial charge on any atom is 0.252 e. The topological polar surface area (TPSA) is 93.1 Å². The zero-order chi connectivity index (χ0) is 17.2. The number of amides is 1. The van der Waals surface area contributed by atoms with E-state index in [1.54, 1.807) is 35.3 Å². The molecular formula is C16H20N4O3S. The summed E-state index contributed by atoms with van der Waals surface area (Å²) in [5, 5.41) is 10.4. The monoisotopic (exact) mass is 348 g/mol. The number of nitrogens with one attached hydrogen (secondary N) is 2. The lowest BCUT2D eigenvalue weighted by atomic mass is 9.87. The Morgan fingerprint density at radius 1 is 1.29 bits per heavy atom. The van der Waals surface area contributed by atoms with E-state index < -0.39 is 15.4 Å². The van der Waals surface area contributed by atoms with Gasteiger partial charge in [0.15, 0.2) is 9.84 Å². The maximum absolute atomic E-state index is 13.0. The second kappa shape index (κ2) is 6.37. The molecule has 0 aliphatic carbocycles. The van der Waals surface area contributed by atoms with E-state index in [9.17, 15) is 13.2 Å². The van der Waals surface area contributed by atoms with Crippen molar-refractivity contribution in [2.75, 3.05) is 24.7 Å². The summed E-state index contributed by atoms with van der Waals surface area (Å²) in [6, 6.07) is 8.09. The van der Waals surface area contributed by atoms with Gasteiger partial charge < -0.3 is 10.6 Å². The van der Waals surface area contributed by atoms with Crippen LogP contribution in [-0.2, 0) is 20.2 Å². The number of hydrogen-bond acceptors (Lipinski definition) is 5. The van der Waals surface area contributed by atoms with Gasteiger partial charge in [0.25, 0.3) is 5.91 Å². The van der Waals surface area contributed by atoms with Gasteiger partial charge in [-0.15, -0.1) is 0 Å². The summed E-state index contributed by atoms with van der Waals surface area (Å²) < 4.78 is 25.1. The third-order valence-electron chi connectivity index (χ3n) is 4.32. The zero-order valence-corrected chi connectivity index (χ0v) is 14.2. The molecule has 0 saturated carbocycles. The predicted molar refractivity (Wildman–Crippen MR) is 90.5 cm³/mol. The average Bonchev–Trinajstić information content (AvgIpc) is 3.10. The molecule has 7 nitrogen and oxygen atoms in total. The molecule has 2 heterocycles. The number of piperidine rings is 1. The summed E-state index contributed by atoms with van der Waals surface area (Å²) in [5.41, 5.74) is -0.302. The molecular weight excluding hydrogens is 328 g/mol. The number of nitrogens with zero attached hydrogens (tertiary/aromatic N) is 2. The van der Waals surface area contributed by atoms with Gasteiger partial charge in [0.2, 0.25) is 0 Å². The van der Waals surface area contributed by atoms with Crippen molar-refractivity contribution in [1.29, 1.82) is 0 Å². The van der Waals surface area contributed by atoms with Crippen LogP contribution in [0.4, 0.5) is 5.69 Å². The first-order valence-electron chi connectivity index (χ1n) is 7.74. The van der Waals surface area contributed by atoms with Crippen molar-refractivity contribution in [1.82, 2.24) is 15.1 Å². The summed E-state index contributed by atoms with van der Waals surface area (Å²) in [6.07, 6.45) is 5.82. The molecule has 2 aromatic rings. The first-order chi connectivity index (χ1) is 11.4. The van der Waals surface area contributed by atoms with Crippen LogP contribution in [0.15, 0.2) is 47.6 Å². The summed E-state index contributed by atoms with van der Waals surface area (Å²) >= 11 is 0. The van der Waals surface area contributed by atoms with Crippen LogP contribution in [0.1, 0.15) is 12.8 Å². The van der Waals surface area contributed by atoms with Crippen LogP contribution in [0, 0.1) is 0 Å². The third-order valence-corrected chi connectivity index (χ3v) is 5.43. The fourth-order valence-corrected chi connectivity index (χ4v) is 3.64. The summed E-state index contributed by atoms with van der Waals surface area (Å²) in [7, 11) is -3.32. The molecule has 0 unspecified atom stereocenters. The Labute approximate surface area is 141 Å². The molecule has 1 aromatic carbocycles.